The second-order valence-corrected chi connectivity index (χ2v) is 6.08. The Balaban J connectivity index is 2.11. The molecular weight excluding hydrogens is 364 g/mol. The standard InChI is InChI=1S/C17H17ClN2O4S/c1-2-3-4-15(21)20-17(25)19-12-9-10(5-6-11(12)18)13-7-8-14(24-13)16(22)23/h5-9H,2-4H2,1H3,(H,22,23)(H2,19,20,21,25). The Morgan fingerprint density at radius 2 is 2.04 bits per heavy atom. The minimum atomic E-state index is -1.14. The predicted octanol–water partition coefficient (Wildman–Crippen LogP) is 4.30. The monoisotopic (exact) mass is 380 g/mol. The maximum atomic E-state index is 11.7. The number of carboxylic acid groups (broad SMARTS) is 1. The van der Waals surface area contributed by atoms with Crippen molar-refractivity contribution in [2.24, 2.45) is 0 Å². The van der Waals surface area contributed by atoms with Gasteiger partial charge in [-0.15, -0.1) is 0 Å². The van der Waals surface area contributed by atoms with E-state index < -0.39 is 5.97 Å². The fourth-order valence-corrected chi connectivity index (χ4v) is 2.45. The third-order valence-electron chi connectivity index (χ3n) is 3.33. The number of hydrogen-bond acceptors (Lipinski definition) is 4. The molecule has 3 N–H and O–H groups in total. The molecule has 1 amide bonds. The zero-order valence-electron chi connectivity index (χ0n) is 13.5. The number of rotatable bonds is 6. The molecule has 0 bridgehead atoms. The molecule has 25 heavy (non-hydrogen) atoms. The molecule has 0 saturated heterocycles. The number of furan rings is 1. The summed E-state index contributed by atoms with van der Waals surface area (Å²) in [6, 6.07) is 7.92. The average molecular weight is 381 g/mol. The molecule has 0 aliphatic carbocycles. The highest BCUT2D eigenvalue weighted by Gasteiger charge is 2.13. The lowest BCUT2D eigenvalue weighted by Crippen LogP contribution is -2.33. The lowest BCUT2D eigenvalue weighted by molar-refractivity contribution is -0.119. The minimum absolute atomic E-state index is 0.144. The van der Waals surface area contributed by atoms with Crippen molar-refractivity contribution in [1.29, 1.82) is 0 Å². The van der Waals surface area contributed by atoms with Crippen LogP contribution in [0.5, 0.6) is 0 Å². The lowest BCUT2D eigenvalue weighted by Gasteiger charge is -2.12. The van der Waals surface area contributed by atoms with Gasteiger partial charge in [-0.3, -0.25) is 4.79 Å². The molecule has 0 atom stereocenters. The summed E-state index contributed by atoms with van der Waals surface area (Å²) in [7, 11) is 0. The van der Waals surface area contributed by atoms with Gasteiger partial charge in [0.05, 0.1) is 10.7 Å². The van der Waals surface area contributed by atoms with Crippen molar-refractivity contribution in [2.75, 3.05) is 5.32 Å². The van der Waals surface area contributed by atoms with E-state index in [2.05, 4.69) is 10.6 Å². The molecule has 8 heteroatoms. The van der Waals surface area contributed by atoms with Crippen LogP contribution >= 0.6 is 23.8 Å². The highest BCUT2D eigenvalue weighted by Crippen LogP contribution is 2.30. The summed E-state index contributed by atoms with van der Waals surface area (Å²) in [6.45, 7) is 2.00. The van der Waals surface area contributed by atoms with E-state index in [0.29, 0.717) is 28.5 Å². The number of anilines is 1. The zero-order chi connectivity index (χ0) is 18.4. The second kappa shape index (κ2) is 8.64. The third kappa shape index (κ3) is 5.30. The average Bonchev–Trinajstić information content (AvgIpc) is 3.05. The van der Waals surface area contributed by atoms with E-state index in [9.17, 15) is 9.59 Å². The molecule has 0 unspecified atom stereocenters. The molecule has 0 saturated carbocycles. The van der Waals surface area contributed by atoms with Crippen LogP contribution in [0.2, 0.25) is 5.02 Å². The number of unbranched alkanes of at least 4 members (excludes halogenated alkanes) is 1. The predicted molar refractivity (Wildman–Crippen MR) is 100 cm³/mol. The first kappa shape index (κ1) is 19.0. The van der Waals surface area contributed by atoms with Crippen LogP contribution in [-0.2, 0) is 4.79 Å². The van der Waals surface area contributed by atoms with Gasteiger partial charge in [-0.1, -0.05) is 24.9 Å². The van der Waals surface area contributed by atoms with Crippen LogP contribution in [0.4, 0.5) is 5.69 Å². The number of carbonyl (C=O) groups excluding carboxylic acids is 1. The van der Waals surface area contributed by atoms with Gasteiger partial charge in [-0.05, 0) is 49.0 Å². The molecule has 0 spiro atoms. The highest BCUT2D eigenvalue weighted by molar-refractivity contribution is 7.80. The quantitative estimate of drug-likeness (QED) is 0.647. The van der Waals surface area contributed by atoms with Crippen molar-refractivity contribution < 1.29 is 19.1 Å². The fraction of sp³-hybridized carbons (Fsp3) is 0.235. The van der Waals surface area contributed by atoms with Crippen LogP contribution in [0.3, 0.4) is 0 Å². The van der Waals surface area contributed by atoms with Gasteiger partial charge in [0, 0.05) is 12.0 Å². The molecule has 1 aromatic heterocycles. The van der Waals surface area contributed by atoms with Crippen LogP contribution in [-0.4, -0.2) is 22.1 Å². The van der Waals surface area contributed by atoms with Crippen LogP contribution in [0.25, 0.3) is 11.3 Å². The molecule has 2 rings (SSSR count). The third-order valence-corrected chi connectivity index (χ3v) is 3.86. The first-order chi connectivity index (χ1) is 11.9. The molecule has 0 aliphatic rings. The number of carbonyl (C=O) groups is 2. The van der Waals surface area contributed by atoms with Crippen LogP contribution in [0.15, 0.2) is 34.7 Å². The normalized spacial score (nSPS) is 10.3. The van der Waals surface area contributed by atoms with Crippen LogP contribution < -0.4 is 10.6 Å². The van der Waals surface area contributed by atoms with E-state index in [0.717, 1.165) is 12.8 Å². The molecule has 2 aromatic rings. The number of benzene rings is 1. The highest BCUT2D eigenvalue weighted by atomic mass is 35.5. The molecule has 0 fully saturated rings. The van der Waals surface area contributed by atoms with E-state index in [-0.39, 0.29) is 16.8 Å². The van der Waals surface area contributed by atoms with Crippen molar-refractivity contribution >= 4 is 46.5 Å². The maximum absolute atomic E-state index is 11.7. The summed E-state index contributed by atoms with van der Waals surface area (Å²) in [6.07, 6.45) is 2.11. The summed E-state index contributed by atoms with van der Waals surface area (Å²) in [4.78, 5) is 22.6. The number of aromatic carboxylic acids is 1. The Hall–Kier alpha value is -2.38. The van der Waals surface area contributed by atoms with Gasteiger partial charge in [-0.2, -0.15) is 0 Å². The zero-order valence-corrected chi connectivity index (χ0v) is 15.0. The van der Waals surface area contributed by atoms with E-state index in [1.54, 1.807) is 24.3 Å². The lowest BCUT2D eigenvalue weighted by atomic mass is 10.1. The van der Waals surface area contributed by atoms with Gasteiger partial charge in [0.15, 0.2) is 5.11 Å². The second-order valence-electron chi connectivity index (χ2n) is 5.27. The number of carboxylic acids is 1. The number of amides is 1. The first-order valence-corrected chi connectivity index (χ1v) is 8.43. The Bertz CT molecular complexity index is 804. The summed E-state index contributed by atoms with van der Waals surface area (Å²) < 4.78 is 5.27. The molecule has 132 valence electrons. The Morgan fingerprint density at radius 1 is 1.28 bits per heavy atom. The number of thiocarbonyl (C=S) groups is 1. The first-order valence-electron chi connectivity index (χ1n) is 7.64. The Morgan fingerprint density at radius 3 is 2.68 bits per heavy atom. The van der Waals surface area contributed by atoms with Crippen molar-refractivity contribution in [3.05, 3.63) is 41.1 Å². The van der Waals surface area contributed by atoms with Gasteiger partial charge in [0.25, 0.3) is 0 Å². The number of halogens is 1. The van der Waals surface area contributed by atoms with Gasteiger partial charge in [0.2, 0.25) is 11.7 Å². The van der Waals surface area contributed by atoms with Gasteiger partial charge < -0.3 is 20.2 Å². The summed E-state index contributed by atoms with van der Waals surface area (Å²) >= 11 is 11.3. The molecule has 0 aliphatic heterocycles. The summed E-state index contributed by atoms with van der Waals surface area (Å²) in [5.74, 6) is -1.08. The molecule has 1 aromatic carbocycles. The van der Waals surface area contributed by atoms with Crippen LogP contribution in [0, 0.1) is 0 Å². The Labute approximate surface area is 155 Å². The van der Waals surface area contributed by atoms with Crippen molar-refractivity contribution in [2.45, 2.75) is 26.2 Å². The molecule has 1 heterocycles. The molecular formula is C17H17ClN2O4S. The topological polar surface area (TPSA) is 91.6 Å². The maximum Gasteiger partial charge on any atom is 0.371 e. The Kier molecular flexibility index (Phi) is 6.55. The SMILES string of the molecule is CCCCC(=O)NC(=S)Nc1cc(-c2ccc(C(=O)O)o2)ccc1Cl. The van der Waals surface area contributed by atoms with Crippen molar-refractivity contribution in [3.63, 3.8) is 0 Å². The van der Waals surface area contributed by atoms with Crippen molar-refractivity contribution in [1.82, 2.24) is 5.32 Å². The molecule has 6 nitrogen and oxygen atoms in total. The smallest absolute Gasteiger partial charge is 0.371 e. The van der Waals surface area contributed by atoms with Gasteiger partial charge in [-0.25, -0.2) is 4.79 Å². The van der Waals surface area contributed by atoms with Crippen molar-refractivity contribution in [3.8, 4) is 11.3 Å². The van der Waals surface area contributed by atoms with Gasteiger partial charge in [0.1, 0.15) is 5.76 Å². The van der Waals surface area contributed by atoms with Gasteiger partial charge >= 0.3 is 5.97 Å². The summed E-state index contributed by atoms with van der Waals surface area (Å²) in [5.41, 5.74) is 1.10. The number of hydrogen-bond donors (Lipinski definition) is 3. The van der Waals surface area contributed by atoms with E-state index >= 15 is 0 Å². The van der Waals surface area contributed by atoms with E-state index in [1.165, 1.54) is 6.07 Å². The summed E-state index contributed by atoms with van der Waals surface area (Å²) in [5, 5.41) is 14.9. The van der Waals surface area contributed by atoms with E-state index in [4.69, 9.17) is 33.3 Å². The van der Waals surface area contributed by atoms with E-state index in [1.807, 2.05) is 6.92 Å². The fourth-order valence-electron chi connectivity index (χ4n) is 2.06. The number of nitrogens with one attached hydrogen (secondary N) is 2. The van der Waals surface area contributed by atoms with Crippen LogP contribution in [0.1, 0.15) is 36.7 Å². The molecule has 0 radical (unpaired) electrons. The largest absolute Gasteiger partial charge is 0.475 e. The minimum Gasteiger partial charge on any atom is -0.475 e.